The van der Waals surface area contributed by atoms with Crippen LogP contribution in [0.1, 0.15) is 30.1 Å². The summed E-state index contributed by atoms with van der Waals surface area (Å²) in [4.78, 5) is 8.91. The van der Waals surface area contributed by atoms with Crippen molar-refractivity contribution in [2.24, 2.45) is 0 Å². The van der Waals surface area contributed by atoms with Crippen LogP contribution >= 0.6 is 0 Å². The summed E-state index contributed by atoms with van der Waals surface area (Å²) in [5, 5.41) is 0. The number of pyridine rings is 2. The van der Waals surface area contributed by atoms with Crippen LogP contribution in [0.25, 0.3) is 5.57 Å². The van der Waals surface area contributed by atoms with Crippen LogP contribution in [0.3, 0.4) is 0 Å². The van der Waals surface area contributed by atoms with E-state index in [4.69, 9.17) is 0 Å². The average molecular weight is 222 g/mol. The first-order valence-corrected chi connectivity index (χ1v) is 5.97. The molecule has 0 fully saturated rings. The van der Waals surface area contributed by atoms with Crippen molar-refractivity contribution in [3.8, 4) is 0 Å². The standard InChI is InChI=1S/C15H14N2/c1-3-10-16-14(8-1)12-6-5-7-13(12)15-9-2-4-11-17-15/h1-4,6,8-11,13H,5,7H2. The van der Waals surface area contributed by atoms with Gasteiger partial charge in [0.15, 0.2) is 0 Å². The molecule has 2 heterocycles. The SMILES string of the molecule is C1=C(c2ccccn2)C(c2ccccn2)CC1. The quantitative estimate of drug-likeness (QED) is 0.778. The minimum absolute atomic E-state index is 0.408. The molecule has 0 amide bonds. The summed E-state index contributed by atoms with van der Waals surface area (Å²) in [7, 11) is 0. The van der Waals surface area contributed by atoms with E-state index in [0.717, 1.165) is 24.2 Å². The topological polar surface area (TPSA) is 25.8 Å². The van der Waals surface area contributed by atoms with Gasteiger partial charge in [-0.2, -0.15) is 0 Å². The van der Waals surface area contributed by atoms with Crippen molar-refractivity contribution < 1.29 is 0 Å². The molecule has 3 rings (SSSR count). The minimum Gasteiger partial charge on any atom is -0.261 e. The Morgan fingerprint density at radius 2 is 1.76 bits per heavy atom. The Hall–Kier alpha value is -1.96. The van der Waals surface area contributed by atoms with Crippen LogP contribution in [0.2, 0.25) is 0 Å². The zero-order valence-corrected chi connectivity index (χ0v) is 9.58. The summed E-state index contributed by atoms with van der Waals surface area (Å²) in [6, 6.07) is 12.2. The van der Waals surface area contributed by atoms with Gasteiger partial charge in [0.2, 0.25) is 0 Å². The maximum Gasteiger partial charge on any atom is 0.0665 e. The van der Waals surface area contributed by atoms with Crippen molar-refractivity contribution in [1.29, 1.82) is 0 Å². The fourth-order valence-electron chi connectivity index (χ4n) is 2.41. The molecule has 84 valence electrons. The van der Waals surface area contributed by atoms with Gasteiger partial charge in [0.05, 0.1) is 5.69 Å². The van der Waals surface area contributed by atoms with Crippen molar-refractivity contribution in [2.75, 3.05) is 0 Å². The molecule has 1 atom stereocenters. The van der Waals surface area contributed by atoms with E-state index in [1.807, 2.05) is 30.6 Å². The molecule has 0 radical (unpaired) electrons. The Morgan fingerprint density at radius 3 is 2.47 bits per heavy atom. The summed E-state index contributed by atoms with van der Waals surface area (Å²) >= 11 is 0. The smallest absolute Gasteiger partial charge is 0.0665 e. The lowest BCUT2D eigenvalue weighted by Gasteiger charge is -2.13. The number of allylic oxidation sites excluding steroid dienone is 2. The van der Waals surface area contributed by atoms with Crippen LogP contribution in [0.4, 0.5) is 0 Å². The Labute approximate surface area is 101 Å². The van der Waals surface area contributed by atoms with Crippen LogP contribution in [-0.4, -0.2) is 9.97 Å². The van der Waals surface area contributed by atoms with E-state index in [1.165, 1.54) is 5.57 Å². The molecular weight excluding hydrogens is 208 g/mol. The summed E-state index contributed by atoms with van der Waals surface area (Å²) in [6.45, 7) is 0. The van der Waals surface area contributed by atoms with E-state index in [1.54, 1.807) is 0 Å². The molecule has 2 aromatic rings. The maximum absolute atomic E-state index is 4.47. The van der Waals surface area contributed by atoms with Crippen LogP contribution in [0, 0.1) is 0 Å². The molecule has 2 aromatic heterocycles. The summed E-state index contributed by atoms with van der Waals surface area (Å²) < 4.78 is 0. The maximum atomic E-state index is 4.47. The van der Waals surface area contributed by atoms with E-state index in [2.05, 4.69) is 34.2 Å². The number of hydrogen-bond donors (Lipinski definition) is 0. The van der Waals surface area contributed by atoms with Crippen LogP contribution in [0.5, 0.6) is 0 Å². The zero-order chi connectivity index (χ0) is 11.5. The van der Waals surface area contributed by atoms with Crippen molar-refractivity contribution in [1.82, 2.24) is 9.97 Å². The molecule has 0 saturated carbocycles. The first-order chi connectivity index (χ1) is 8.45. The predicted molar refractivity (Wildman–Crippen MR) is 68.4 cm³/mol. The fraction of sp³-hybridized carbons (Fsp3) is 0.200. The van der Waals surface area contributed by atoms with E-state index in [9.17, 15) is 0 Å². The molecule has 2 heteroatoms. The molecule has 1 aliphatic rings. The molecule has 1 aliphatic carbocycles. The molecule has 0 spiro atoms. The minimum atomic E-state index is 0.408. The molecule has 1 unspecified atom stereocenters. The highest BCUT2D eigenvalue weighted by atomic mass is 14.7. The van der Waals surface area contributed by atoms with Crippen molar-refractivity contribution in [2.45, 2.75) is 18.8 Å². The van der Waals surface area contributed by atoms with E-state index in [-0.39, 0.29) is 0 Å². The van der Waals surface area contributed by atoms with Gasteiger partial charge in [-0.3, -0.25) is 9.97 Å². The molecule has 0 aliphatic heterocycles. The largest absolute Gasteiger partial charge is 0.261 e. The average Bonchev–Trinajstić information content (AvgIpc) is 2.90. The van der Waals surface area contributed by atoms with Gasteiger partial charge in [-0.15, -0.1) is 0 Å². The van der Waals surface area contributed by atoms with Crippen LogP contribution < -0.4 is 0 Å². The zero-order valence-electron chi connectivity index (χ0n) is 9.58. The third-order valence-corrected chi connectivity index (χ3v) is 3.20. The van der Waals surface area contributed by atoms with Gasteiger partial charge in [0, 0.05) is 24.0 Å². The van der Waals surface area contributed by atoms with Gasteiger partial charge in [-0.05, 0) is 42.7 Å². The predicted octanol–water partition coefficient (Wildman–Crippen LogP) is 3.44. The lowest BCUT2D eigenvalue weighted by Crippen LogP contribution is -2.01. The summed E-state index contributed by atoms with van der Waals surface area (Å²) in [5.74, 6) is 0.408. The first kappa shape index (κ1) is 10.2. The van der Waals surface area contributed by atoms with Crippen molar-refractivity contribution >= 4 is 5.57 Å². The molecule has 0 bridgehead atoms. The summed E-state index contributed by atoms with van der Waals surface area (Å²) in [5.41, 5.74) is 3.56. The number of aromatic nitrogens is 2. The second kappa shape index (κ2) is 4.50. The highest BCUT2D eigenvalue weighted by Gasteiger charge is 2.23. The molecule has 0 saturated heterocycles. The van der Waals surface area contributed by atoms with Gasteiger partial charge >= 0.3 is 0 Å². The molecule has 0 N–H and O–H groups in total. The van der Waals surface area contributed by atoms with Crippen molar-refractivity contribution in [3.05, 3.63) is 66.3 Å². The van der Waals surface area contributed by atoms with Gasteiger partial charge in [0.1, 0.15) is 0 Å². The first-order valence-electron chi connectivity index (χ1n) is 5.97. The van der Waals surface area contributed by atoms with Crippen LogP contribution in [-0.2, 0) is 0 Å². The second-order valence-electron chi connectivity index (χ2n) is 4.26. The highest BCUT2D eigenvalue weighted by molar-refractivity contribution is 5.70. The van der Waals surface area contributed by atoms with Gasteiger partial charge in [-0.1, -0.05) is 18.2 Å². The lowest BCUT2D eigenvalue weighted by molar-refractivity contribution is 0.781. The molecule has 2 nitrogen and oxygen atoms in total. The third kappa shape index (κ3) is 1.98. The highest BCUT2D eigenvalue weighted by Crippen LogP contribution is 2.39. The number of rotatable bonds is 2. The van der Waals surface area contributed by atoms with E-state index < -0.39 is 0 Å². The number of nitrogens with zero attached hydrogens (tertiary/aromatic N) is 2. The second-order valence-corrected chi connectivity index (χ2v) is 4.26. The van der Waals surface area contributed by atoms with Gasteiger partial charge < -0.3 is 0 Å². The third-order valence-electron chi connectivity index (χ3n) is 3.20. The number of hydrogen-bond acceptors (Lipinski definition) is 2. The Kier molecular flexibility index (Phi) is 2.70. The van der Waals surface area contributed by atoms with E-state index >= 15 is 0 Å². The normalized spacial score (nSPS) is 19.1. The Balaban J connectivity index is 1.96. The monoisotopic (exact) mass is 222 g/mol. The molecular formula is C15H14N2. The summed E-state index contributed by atoms with van der Waals surface area (Å²) in [6.07, 6.45) is 8.27. The lowest BCUT2D eigenvalue weighted by atomic mass is 9.94. The van der Waals surface area contributed by atoms with Crippen molar-refractivity contribution in [3.63, 3.8) is 0 Å². The van der Waals surface area contributed by atoms with Crippen LogP contribution in [0.15, 0.2) is 54.9 Å². The fourth-order valence-corrected chi connectivity index (χ4v) is 2.41. The Bertz CT molecular complexity index is 517. The van der Waals surface area contributed by atoms with Gasteiger partial charge in [-0.25, -0.2) is 0 Å². The van der Waals surface area contributed by atoms with Gasteiger partial charge in [0.25, 0.3) is 0 Å². The van der Waals surface area contributed by atoms with E-state index in [0.29, 0.717) is 5.92 Å². The molecule has 17 heavy (non-hydrogen) atoms. The Morgan fingerprint density at radius 1 is 0.941 bits per heavy atom. The molecule has 0 aromatic carbocycles.